The number of likely N-dealkylation sites (tertiary alicyclic amines) is 1. The zero-order valence-corrected chi connectivity index (χ0v) is 11.2. The fraction of sp³-hybridized carbons (Fsp3) is 0.786. The smallest absolute Gasteiger partial charge is 0.125 e. The summed E-state index contributed by atoms with van der Waals surface area (Å²) in [6.07, 6.45) is 7.75. The normalized spacial score (nSPS) is 35.4. The summed E-state index contributed by atoms with van der Waals surface area (Å²) in [4.78, 5) is 10.8. The fourth-order valence-electron chi connectivity index (χ4n) is 3.25. The maximum atomic E-state index is 10.8. The quantitative estimate of drug-likeness (QED) is 0.399. The third-order valence-electron chi connectivity index (χ3n) is 4.42. The van der Waals surface area contributed by atoms with E-state index in [0.717, 1.165) is 29.8 Å². The molecule has 0 aliphatic carbocycles. The van der Waals surface area contributed by atoms with E-state index in [1.165, 1.54) is 24.8 Å². The van der Waals surface area contributed by atoms with Crippen molar-refractivity contribution >= 4 is 6.29 Å². The van der Waals surface area contributed by atoms with Crippen LogP contribution >= 0.6 is 0 Å². The number of carbonyl (C=O) groups excluding carboxylic acids is 1. The van der Waals surface area contributed by atoms with E-state index < -0.39 is 0 Å². The van der Waals surface area contributed by atoms with Gasteiger partial charge < -0.3 is 9.28 Å². The minimum atomic E-state index is 0.539. The molecule has 0 N–H and O–H groups in total. The molecular weight excluding hydrogens is 198 g/mol. The van der Waals surface area contributed by atoms with Crippen molar-refractivity contribution in [2.24, 2.45) is 0 Å². The van der Waals surface area contributed by atoms with Crippen LogP contribution in [-0.2, 0) is 4.79 Å². The van der Waals surface area contributed by atoms with E-state index in [0.29, 0.717) is 6.04 Å². The number of nitrogens with zero attached hydrogens (tertiary/aromatic N) is 1. The number of hydrogen-bond donors (Lipinski definition) is 0. The Kier molecular flexibility index (Phi) is 4.72. The number of likely N-dealkylation sites (N-methyl/N-ethyl adjacent to an activating group) is 1. The number of carbonyl (C=O) groups is 1. The number of allylic oxidation sites excluding steroid dienone is 1. The van der Waals surface area contributed by atoms with Crippen LogP contribution in [0.4, 0.5) is 0 Å². The van der Waals surface area contributed by atoms with Crippen LogP contribution in [0.2, 0.25) is 0 Å². The highest BCUT2D eigenvalue weighted by molar-refractivity contribution is 5.50. The maximum absolute atomic E-state index is 10.8. The van der Waals surface area contributed by atoms with Gasteiger partial charge in [0.05, 0.1) is 25.6 Å². The summed E-state index contributed by atoms with van der Waals surface area (Å²) in [5.41, 5.74) is 1.44. The lowest BCUT2D eigenvalue weighted by atomic mass is 10.1. The third kappa shape index (κ3) is 2.54. The van der Waals surface area contributed by atoms with E-state index in [4.69, 9.17) is 0 Å². The minimum absolute atomic E-state index is 0.539. The highest BCUT2D eigenvalue weighted by Gasteiger charge is 2.44. The zero-order chi connectivity index (χ0) is 12.2. The SMILES string of the molecule is CC=C(C)C[N+]1(C)C(CC)CCC1CC=O. The van der Waals surface area contributed by atoms with E-state index in [-0.39, 0.29) is 0 Å². The summed E-state index contributed by atoms with van der Waals surface area (Å²) in [6.45, 7) is 7.68. The maximum Gasteiger partial charge on any atom is 0.125 e. The topological polar surface area (TPSA) is 17.1 Å². The highest BCUT2D eigenvalue weighted by Crippen LogP contribution is 2.35. The second-order valence-corrected chi connectivity index (χ2v) is 5.34. The molecule has 0 saturated carbocycles. The van der Waals surface area contributed by atoms with E-state index in [1.807, 2.05) is 0 Å². The zero-order valence-electron chi connectivity index (χ0n) is 11.2. The van der Waals surface area contributed by atoms with E-state index >= 15 is 0 Å². The summed E-state index contributed by atoms with van der Waals surface area (Å²) < 4.78 is 1.07. The Morgan fingerprint density at radius 1 is 1.38 bits per heavy atom. The summed E-state index contributed by atoms with van der Waals surface area (Å²) in [7, 11) is 2.34. The molecule has 3 atom stereocenters. The average Bonchev–Trinajstić information content (AvgIpc) is 2.56. The first-order valence-corrected chi connectivity index (χ1v) is 6.48. The van der Waals surface area contributed by atoms with E-state index in [9.17, 15) is 4.79 Å². The van der Waals surface area contributed by atoms with Gasteiger partial charge in [0.2, 0.25) is 0 Å². The molecule has 1 aliphatic rings. The number of hydrogen-bond acceptors (Lipinski definition) is 1. The molecule has 0 aromatic carbocycles. The average molecular weight is 224 g/mol. The summed E-state index contributed by atoms with van der Waals surface area (Å²) >= 11 is 0. The molecule has 3 unspecified atom stereocenters. The lowest BCUT2D eigenvalue weighted by Gasteiger charge is -2.41. The molecule has 0 amide bonds. The van der Waals surface area contributed by atoms with Gasteiger partial charge in [-0.1, -0.05) is 13.0 Å². The first-order valence-electron chi connectivity index (χ1n) is 6.48. The van der Waals surface area contributed by atoms with E-state index in [2.05, 4.69) is 33.9 Å². The molecule has 2 heteroatoms. The summed E-state index contributed by atoms with van der Waals surface area (Å²) in [6, 6.07) is 1.28. The van der Waals surface area contributed by atoms with Gasteiger partial charge in [0, 0.05) is 12.8 Å². The molecule has 1 heterocycles. The van der Waals surface area contributed by atoms with Gasteiger partial charge in [-0.05, 0) is 25.8 Å². The van der Waals surface area contributed by atoms with Crippen LogP contribution in [0.25, 0.3) is 0 Å². The van der Waals surface area contributed by atoms with Crippen molar-refractivity contribution in [3.63, 3.8) is 0 Å². The summed E-state index contributed by atoms with van der Waals surface area (Å²) in [5.74, 6) is 0. The number of aldehydes is 1. The van der Waals surface area contributed by atoms with E-state index in [1.54, 1.807) is 0 Å². The Morgan fingerprint density at radius 2 is 2.00 bits per heavy atom. The molecule has 92 valence electrons. The molecule has 16 heavy (non-hydrogen) atoms. The van der Waals surface area contributed by atoms with Crippen molar-refractivity contribution in [3.05, 3.63) is 11.6 Å². The van der Waals surface area contributed by atoms with Gasteiger partial charge in [0.1, 0.15) is 12.8 Å². The van der Waals surface area contributed by atoms with Gasteiger partial charge in [-0.15, -0.1) is 0 Å². The Hall–Kier alpha value is -0.630. The van der Waals surface area contributed by atoms with Crippen molar-refractivity contribution in [2.45, 2.75) is 58.5 Å². The van der Waals surface area contributed by atoms with Gasteiger partial charge in [-0.3, -0.25) is 0 Å². The number of rotatable bonds is 5. The largest absolute Gasteiger partial charge is 0.317 e. The molecule has 0 aromatic heterocycles. The van der Waals surface area contributed by atoms with Crippen molar-refractivity contribution in [3.8, 4) is 0 Å². The van der Waals surface area contributed by atoms with Crippen molar-refractivity contribution in [2.75, 3.05) is 13.6 Å². The monoisotopic (exact) mass is 224 g/mol. The van der Waals surface area contributed by atoms with Gasteiger partial charge in [-0.2, -0.15) is 0 Å². The van der Waals surface area contributed by atoms with Crippen LogP contribution in [0.15, 0.2) is 11.6 Å². The molecule has 0 aromatic rings. The summed E-state index contributed by atoms with van der Waals surface area (Å²) in [5, 5.41) is 0. The first-order chi connectivity index (χ1) is 7.58. The van der Waals surface area contributed by atoms with Crippen LogP contribution in [0.5, 0.6) is 0 Å². The van der Waals surface area contributed by atoms with Crippen molar-refractivity contribution in [1.29, 1.82) is 0 Å². The van der Waals surface area contributed by atoms with Crippen molar-refractivity contribution in [1.82, 2.24) is 0 Å². The molecule has 0 bridgehead atoms. The molecule has 1 aliphatic heterocycles. The molecule has 0 radical (unpaired) electrons. The molecule has 0 spiro atoms. The minimum Gasteiger partial charge on any atom is -0.317 e. The van der Waals surface area contributed by atoms with Crippen LogP contribution in [0.3, 0.4) is 0 Å². The second kappa shape index (κ2) is 5.62. The predicted molar refractivity (Wildman–Crippen MR) is 68.3 cm³/mol. The van der Waals surface area contributed by atoms with Crippen LogP contribution in [-0.4, -0.2) is 36.4 Å². The molecule has 1 rings (SSSR count). The molecule has 1 saturated heterocycles. The molecule has 2 nitrogen and oxygen atoms in total. The molecule has 1 fully saturated rings. The second-order valence-electron chi connectivity index (χ2n) is 5.34. The first kappa shape index (κ1) is 13.4. The lowest BCUT2D eigenvalue weighted by Crippen LogP contribution is -2.54. The van der Waals surface area contributed by atoms with Crippen LogP contribution in [0, 0.1) is 0 Å². The van der Waals surface area contributed by atoms with Crippen LogP contribution in [0.1, 0.15) is 46.5 Å². The Bertz CT molecular complexity index is 272. The Labute approximate surface area is 99.9 Å². The number of quaternary nitrogens is 1. The van der Waals surface area contributed by atoms with Gasteiger partial charge >= 0.3 is 0 Å². The standard InChI is InChI=1S/C14H26NO/c1-5-12(3)11-15(4)13(6-2)7-8-14(15)9-10-16/h5,10,13-14H,6-9,11H2,1-4H3/q+1. The Balaban J connectivity index is 2.85. The lowest BCUT2D eigenvalue weighted by molar-refractivity contribution is -0.938. The highest BCUT2D eigenvalue weighted by atomic mass is 16.1. The van der Waals surface area contributed by atoms with Gasteiger partial charge in [0.15, 0.2) is 0 Å². The Morgan fingerprint density at radius 3 is 2.50 bits per heavy atom. The predicted octanol–water partition coefficient (Wildman–Crippen LogP) is 2.93. The fourth-order valence-corrected chi connectivity index (χ4v) is 3.25. The van der Waals surface area contributed by atoms with Gasteiger partial charge in [-0.25, -0.2) is 0 Å². The van der Waals surface area contributed by atoms with Crippen LogP contribution < -0.4 is 0 Å². The van der Waals surface area contributed by atoms with Gasteiger partial charge in [0.25, 0.3) is 0 Å². The van der Waals surface area contributed by atoms with Crippen molar-refractivity contribution < 1.29 is 9.28 Å². The third-order valence-corrected chi connectivity index (χ3v) is 4.42. The molecular formula is C14H26NO+.